The van der Waals surface area contributed by atoms with Crippen molar-refractivity contribution in [3.05, 3.63) is 18.0 Å². The number of rotatable bonds is 5. The number of hydrogen-bond acceptors (Lipinski definition) is 4. The molecule has 0 aromatic carbocycles. The Morgan fingerprint density at radius 2 is 2.18 bits per heavy atom. The Bertz CT molecular complexity index is 412. The molecule has 0 radical (unpaired) electrons. The molecule has 6 nitrogen and oxygen atoms in total. The first-order valence-electron chi connectivity index (χ1n) is 5.27. The Balaban J connectivity index is 2.67. The van der Waals surface area contributed by atoms with Gasteiger partial charge in [0.15, 0.2) is 0 Å². The van der Waals surface area contributed by atoms with E-state index in [0.717, 1.165) is 0 Å². The van der Waals surface area contributed by atoms with Gasteiger partial charge >= 0.3 is 5.97 Å². The molecule has 17 heavy (non-hydrogen) atoms. The first-order chi connectivity index (χ1) is 8.08. The summed E-state index contributed by atoms with van der Waals surface area (Å²) in [6.45, 7) is 0.614. The second kappa shape index (κ2) is 6.05. The molecular weight excluding hydrogens is 222 g/mol. The molecule has 1 aromatic heterocycles. The molecule has 0 saturated carbocycles. The summed E-state index contributed by atoms with van der Waals surface area (Å²) in [5.41, 5.74) is 0.991. The van der Waals surface area contributed by atoms with Crippen LogP contribution in [0, 0.1) is 0 Å². The van der Waals surface area contributed by atoms with Gasteiger partial charge in [-0.2, -0.15) is 0 Å². The minimum absolute atomic E-state index is 0.0960. The van der Waals surface area contributed by atoms with Gasteiger partial charge in [0.25, 0.3) is 0 Å². The summed E-state index contributed by atoms with van der Waals surface area (Å²) >= 11 is 0. The second-order valence-corrected chi connectivity index (χ2v) is 3.62. The molecule has 0 atom stereocenters. The van der Waals surface area contributed by atoms with E-state index in [4.69, 9.17) is 0 Å². The number of ether oxygens (including phenoxy) is 1. The normalized spacial score (nSPS) is 10.1. The molecule has 1 aromatic rings. The van der Waals surface area contributed by atoms with E-state index in [1.54, 1.807) is 30.9 Å². The van der Waals surface area contributed by atoms with Crippen LogP contribution in [0.15, 0.2) is 12.3 Å². The average molecular weight is 239 g/mol. The van der Waals surface area contributed by atoms with E-state index < -0.39 is 5.97 Å². The van der Waals surface area contributed by atoms with Crippen LogP contribution in [-0.2, 0) is 16.6 Å². The summed E-state index contributed by atoms with van der Waals surface area (Å²) in [6.07, 6.45) is 2.06. The highest BCUT2D eigenvalue weighted by molar-refractivity contribution is 5.94. The van der Waals surface area contributed by atoms with Crippen LogP contribution in [0.5, 0.6) is 0 Å². The predicted octanol–water partition coefficient (Wildman–Crippen LogP) is 0.360. The van der Waals surface area contributed by atoms with Crippen LogP contribution in [0.25, 0.3) is 0 Å². The maximum atomic E-state index is 11.5. The molecule has 0 aliphatic heterocycles. The number of methoxy groups -OCH3 is 1. The van der Waals surface area contributed by atoms with Gasteiger partial charge in [0.2, 0.25) is 5.91 Å². The van der Waals surface area contributed by atoms with Gasteiger partial charge in [0.1, 0.15) is 5.69 Å². The summed E-state index contributed by atoms with van der Waals surface area (Å²) in [5.74, 6) is -0.524. The third-order valence-corrected chi connectivity index (χ3v) is 2.29. The zero-order valence-corrected chi connectivity index (χ0v) is 10.2. The molecule has 0 aliphatic carbocycles. The summed E-state index contributed by atoms with van der Waals surface area (Å²) in [6, 6.07) is 1.59. The average Bonchev–Trinajstić information content (AvgIpc) is 2.66. The quantitative estimate of drug-likeness (QED) is 0.728. The molecular formula is C11H17N3O3. The lowest BCUT2D eigenvalue weighted by atomic mass is 10.3. The number of carbonyl (C=O) groups excluding carboxylic acids is 2. The van der Waals surface area contributed by atoms with Gasteiger partial charge in [-0.15, -0.1) is 0 Å². The number of amides is 1. The number of aryl methyl sites for hydroxylation is 1. The molecule has 1 rings (SSSR count). The van der Waals surface area contributed by atoms with Gasteiger partial charge in [0.05, 0.1) is 12.8 Å². The summed E-state index contributed by atoms with van der Waals surface area (Å²) in [5, 5.41) is 5.60. The Labute approximate surface area is 99.9 Å². The maximum Gasteiger partial charge on any atom is 0.354 e. The molecule has 2 N–H and O–H groups in total. The Kier molecular flexibility index (Phi) is 4.71. The third kappa shape index (κ3) is 3.60. The van der Waals surface area contributed by atoms with Gasteiger partial charge in [-0.1, -0.05) is 0 Å². The van der Waals surface area contributed by atoms with Crippen molar-refractivity contribution in [1.82, 2.24) is 9.88 Å². The number of aromatic nitrogens is 1. The second-order valence-electron chi connectivity index (χ2n) is 3.62. The van der Waals surface area contributed by atoms with Crippen molar-refractivity contribution < 1.29 is 14.3 Å². The van der Waals surface area contributed by atoms with Crippen LogP contribution in [0.2, 0.25) is 0 Å². The largest absolute Gasteiger partial charge is 0.464 e. The van der Waals surface area contributed by atoms with E-state index in [1.807, 2.05) is 0 Å². The fraction of sp³-hybridized carbons (Fsp3) is 0.455. The lowest BCUT2D eigenvalue weighted by Crippen LogP contribution is -2.18. The van der Waals surface area contributed by atoms with E-state index in [-0.39, 0.29) is 5.91 Å². The molecule has 1 heterocycles. The van der Waals surface area contributed by atoms with E-state index >= 15 is 0 Å². The van der Waals surface area contributed by atoms with Crippen LogP contribution < -0.4 is 10.6 Å². The van der Waals surface area contributed by atoms with Gasteiger partial charge in [0, 0.05) is 26.2 Å². The van der Waals surface area contributed by atoms with Crippen LogP contribution >= 0.6 is 0 Å². The summed E-state index contributed by atoms with van der Waals surface area (Å²) in [7, 11) is 4.82. The highest BCUT2D eigenvalue weighted by Gasteiger charge is 2.12. The highest BCUT2D eigenvalue weighted by Crippen LogP contribution is 2.13. The van der Waals surface area contributed by atoms with Gasteiger partial charge in [-0.05, 0) is 13.1 Å². The molecule has 0 fully saturated rings. The number of carbonyl (C=O) groups is 2. The highest BCUT2D eigenvalue weighted by atomic mass is 16.5. The first kappa shape index (κ1) is 13.2. The zero-order valence-electron chi connectivity index (χ0n) is 10.2. The van der Waals surface area contributed by atoms with E-state index in [1.165, 1.54) is 7.11 Å². The molecule has 0 unspecified atom stereocenters. The van der Waals surface area contributed by atoms with Crippen molar-refractivity contribution in [3.8, 4) is 0 Å². The van der Waals surface area contributed by atoms with Gasteiger partial charge in [-0.3, -0.25) is 4.79 Å². The van der Waals surface area contributed by atoms with Crippen LogP contribution in [0.3, 0.4) is 0 Å². The summed E-state index contributed by atoms with van der Waals surface area (Å²) < 4.78 is 6.23. The third-order valence-electron chi connectivity index (χ3n) is 2.29. The number of nitrogens with one attached hydrogen (secondary N) is 2. The molecule has 0 bridgehead atoms. The monoisotopic (exact) mass is 239 g/mol. The van der Waals surface area contributed by atoms with Crippen LogP contribution in [0.1, 0.15) is 16.9 Å². The van der Waals surface area contributed by atoms with E-state index in [0.29, 0.717) is 24.3 Å². The Morgan fingerprint density at radius 3 is 2.76 bits per heavy atom. The standard InChI is InChI=1S/C11H17N3O3/c1-12-5-4-10(15)13-8-6-9(11(16)17-3)14(2)7-8/h6-7,12H,4-5H2,1-3H3,(H,13,15). The molecule has 0 aliphatic rings. The molecule has 94 valence electrons. The fourth-order valence-corrected chi connectivity index (χ4v) is 1.40. The van der Waals surface area contributed by atoms with Gasteiger partial charge < -0.3 is 19.9 Å². The molecule has 0 spiro atoms. The Hall–Kier alpha value is -1.82. The molecule has 0 saturated heterocycles. The lowest BCUT2D eigenvalue weighted by Gasteiger charge is -2.01. The van der Waals surface area contributed by atoms with Crippen molar-refractivity contribution in [2.75, 3.05) is 26.0 Å². The fourth-order valence-electron chi connectivity index (χ4n) is 1.40. The first-order valence-corrected chi connectivity index (χ1v) is 5.27. The van der Waals surface area contributed by atoms with Crippen LogP contribution in [0.4, 0.5) is 5.69 Å². The minimum Gasteiger partial charge on any atom is -0.464 e. The molecule has 6 heteroatoms. The smallest absolute Gasteiger partial charge is 0.354 e. The topological polar surface area (TPSA) is 72.4 Å². The van der Waals surface area contributed by atoms with Crippen molar-refractivity contribution >= 4 is 17.6 Å². The van der Waals surface area contributed by atoms with Gasteiger partial charge in [-0.25, -0.2) is 4.79 Å². The SMILES string of the molecule is CNCCC(=O)Nc1cc(C(=O)OC)n(C)c1. The van der Waals surface area contributed by atoms with Crippen molar-refractivity contribution in [2.45, 2.75) is 6.42 Å². The Morgan fingerprint density at radius 1 is 1.47 bits per heavy atom. The van der Waals surface area contributed by atoms with E-state index in [2.05, 4.69) is 15.4 Å². The number of nitrogens with zero attached hydrogens (tertiary/aromatic N) is 1. The zero-order chi connectivity index (χ0) is 12.8. The minimum atomic E-state index is -0.428. The summed E-state index contributed by atoms with van der Waals surface area (Å²) in [4.78, 5) is 22.8. The number of hydrogen-bond donors (Lipinski definition) is 2. The van der Waals surface area contributed by atoms with Crippen molar-refractivity contribution in [2.24, 2.45) is 7.05 Å². The van der Waals surface area contributed by atoms with Crippen molar-refractivity contribution in [3.63, 3.8) is 0 Å². The van der Waals surface area contributed by atoms with E-state index in [9.17, 15) is 9.59 Å². The number of anilines is 1. The van der Waals surface area contributed by atoms with Crippen molar-refractivity contribution in [1.29, 1.82) is 0 Å². The number of esters is 1. The molecule has 1 amide bonds. The predicted molar refractivity (Wildman–Crippen MR) is 63.9 cm³/mol. The van der Waals surface area contributed by atoms with Crippen LogP contribution in [-0.4, -0.2) is 37.1 Å². The lowest BCUT2D eigenvalue weighted by molar-refractivity contribution is -0.116. The maximum absolute atomic E-state index is 11.5.